The van der Waals surface area contributed by atoms with E-state index in [2.05, 4.69) is 15.5 Å². The first-order valence-corrected chi connectivity index (χ1v) is 6.86. The van der Waals surface area contributed by atoms with E-state index in [1.54, 1.807) is 0 Å². The molecule has 1 aliphatic carbocycles. The van der Waals surface area contributed by atoms with Crippen LogP contribution in [0.25, 0.3) is 11.4 Å². The van der Waals surface area contributed by atoms with Gasteiger partial charge in [0, 0.05) is 17.8 Å². The number of tetrazole rings is 1. The fourth-order valence-electron chi connectivity index (χ4n) is 2.90. The Morgan fingerprint density at radius 3 is 2.84 bits per heavy atom. The molecule has 2 N–H and O–H groups in total. The first-order chi connectivity index (χ1) is 9.24. The number of nitrogens with zero attached hydrogens (tertiary/aromatic N) is 4. The number of nitrogen functional groups attached to an aromatic ring is 1. The minimum Gasteiger partial charge on any atom is -0.399 e. The molecular weight excluding hydrogens is 238 g/mol. The predicted octanol–water partition coefficient (Wildman–Crippen LogP) is 2.42. The van der Waals surface area contributed by atoms with Crippen molar-refractivity contribution in [3.05, 3.63) is 23.8 Å². The summed E-state index contributed by atoms with van der Waals surface area (Å²) in [6, 6.07) is 5.86. The first kappa shape index (κ1) is 12.1. The summed E-state index contributed by atoms with van der Waals surface area (Å²) in [5.74, 6) is 1.57. The van der Waals surface area contributed by atoms with Gasteiger partial charge in [-0.2, -0.15) is 0 Å². The Bertz CT molecular complexity index is 569. The standard InChI is InChI=1S/C14H19N5/c1-10-8-12(15)6-7-13(10)14-16-17-18-19(14)9-11-4-2-3-5-11/h6-8,11H,2-5,9,15H2,1H3. The van der Waals surface area contributed by atoms with E-state index in [9.17, 15) is 0 Å². The van der Waals surface area contributed by atoms with Crippen molar-refractivity contribution < 1.29 is 0 Å². The van der Waals surface area contributed by atoms with Gasteiger partial charge in [-0.1, -0.05) is 12.8 Å². The van der Waals surface area contributed by atoms with Crippen LogP contribution in [0.15, 0.2) is 18.2 Å². The van der Waals surface area contributed by atoms with Gasteiger partial charge in [-0.25, -0.2) is 4.68 Å². The van der Waals surface area contributed by atoms with Crippen molar-refractivity contribution in [1.82, 2.24) is 20.2 Å². The predicted molar refractivity (Wildman–Crippen MR) is 74.4 cm³/mol. The van der Waals surface area contributed by atoms with Crippen LogP contribution in [0.1, 0.15) is 31.2 Å². The maximum absolute atomic E-state index is 5.79. The average Bonchev–Trinajstić information content (AvgIpc) is 3.02. The monoisotopic (exact) mass is 257 g/mol. The molecule has 2 aromatic rings. The highest BCUT2D eigenvalue weighted by molar-refractivity contribution is 5.63. The second kappa shape index (κ2) is 4.99. The van der Waals surface area contributed by atoms with Gasteiger partial charge in [0.25, 0.3) is 0 Å². The molecule has 19 heavy (non-hydrogen) atoms. The van der Waals surface area contributed by atoms with Crippen LogP contribution in [-0.2, 0) is 6.54 Å². The molecule has 1 aromatic heterocycles. The van der Waals surface area contributed by atoms with Crippen LogP contribution in [0.4, 0.5) is 5.69 Å². The highest BCUT2D eigenvalue weighted by atomic mass is 15.5. The lowest BCUT2D eigenvalue weighted by atomic mass is 10.1. The van der Waals surface area contributed by atoms with Crippen LogP contribution in [0.2, 0.25) is 0 Å². The fourth-order valence-corrected chi connectivity index (χ4v) is 2.90. The van der Waals surface area contributed by atoms with E-state index in [1.807, 2.05) is 29.8 Å². The van der Waals surface area contributed by atoms with Gasteiger partial charge >= 0.3 is 0 Å². The molecule has 0 radical (unpaired) electrons. The number of anilines is 1. The number of aryl methyl sites for hydroxylation is 1. The average molecular weight is 257 g/mol. The Balaban J connectivity index is 1.90. The van der Waals surface area contributed by atoms with Crippen LogP contribution in [-0.4, -0.2) is 20.2 Å². The van der Waals surface area contributed by atoms with Gasteiger partial charge in [-0.15, -0.1) is 5.10 Å². The SMILES string of the molecule is Cc1cc(N)ccc1-c1nnnn1CC1CCCC1. The lowest BCUT2D eigenvalue weighted by Gasteiger charge is -2.11. The number of aromatic nitrogens is 4. The van der Waals surface area contributed by atoms with E-state index in [-0.39, 0.29) is 0 Å². The van der Waals surface area contributed by atoms with Crippen molar-refractivity contribution >= 4 is 5.69 Å². The van der Waals surface area contributed by atoms with Crippen molar-refractivity contribution in [2.45, 2.75) is 39.2 Å². The minimum absolute atomic E-state index is 0.719. The molecule has 1 aromatic carbocycles. The Morgan fingerprint density at radius 1 is 1.32 bits per heavy atom. The maximum atomic E-state index is 5.79. The molecule has 1 aliphatic rings. The first-order valence-electron chi connectivity index (χ1n) is 6.86. The summed E-state index contributed by atoms with van der Waals surface area (Å²) >= 11 is 0. The summed E-state index contributed by atoms with van der Waals surface area (Å²) in [5.41, 5.74) is 8.75. The second-order valence-electron chi connectivity index (χ2n) is 5.41. The minimum atomic E-state index is 0.719. The molecule has 5 nitrogen and oxygen atoms in total. The zero-order valence-electron chi connectivity index (χ0n) is 11.2. The zero-order valence-corrected chi connectivity index (χ0v) is 11.2. The van der Waals surface area contributed by atoms with Crippen LogP contribution < -0.4 is 5.73 Å². The highest BCUT2D eigenvalue weighted by Gasteiger charge is 2.19. The van der Waals surface area contributed by atoms with Gasteiger partial charge in [-0.3, -0.25) is 0 Å². The summed E-state index contributed by atoms with van der Waals surface area (Å²) < 4.78 is 1.94. The molecule has 0 atom stereocenters. The molecule has 1 saturated carbocycles. The van der Waals surface area contributed by atoms with Crippen LogP contribution in [0, 0.1) is 12.8 Å². The number of hydrogen-bond acceptors (Lipinski definition) is 4. The van der Waals surface area contributed by atoms with Crippen molar-refractivity contribution in [2.24, 2.45) is 5.92 Å². The number of rotatable bonds is 3. The molecule has 3 rings (SSSR count). The van der Waals surface area contributed by atoms with E-state index in [1.165, 1.54) is 25.7 Å². The Labute approximate surface area is 112 Å². The third-order valence-corrected chi connectivity index (χ3v) is 3.93. The number of benzene rings is 1. The Morgan fingerprint density at radius 2 is 2.11 bits per heavy atom. The second-order valence-corrected chi connectivity index (χ2v) is 5.41. The number of hydrogen-bond donors (Lipinski definition) is 1. The smallest absolute Gasteiger partial charge is 0.182 e. The molecule has 0 aliphatic heterocycles. The molecule has 1 heterocycles. The summed E-state index contributed by atoms with van der Waals surface area (Å²) in [4.78, 5) is 0. The van der Waals surface area contributed by atoms with Gasteiger partial charge < -0.3 is 5.73 Å². The molecule has 0 bridgehead atoms. The zero-order chi connectivity index (χ0) is 13.2. The fraction of sp³-hybridized carbons (Fsp3) is 0.500. The summed E-state index contributed by atoms with van der Waals surface area (Å²) in [5, 5.41) is 12.2. The van der Waals surface area contributed by atoms with E-state index >= 15 is 0 Å². The Kier molecular flexibility index (Phi) is 3.19. The molecule has 0 saturated heterocycles. The van der Waals surface area contributed by atoms with E-state index < -0.39 is 0 Å². The van der Waals surface area contributed by atoms with E-state index in [4.69, 9.17) is 5.73 Å². The highest BCUT2D eigenvalue weighted by Crippen LogP contribution is 2.28. The van der Waals surface area contributed by atoms with Gasteiger partial charge in [0.1, 0.15) is 0 Å². The van der Waals surface area contributed by atoms with Crippen molar-refractivity contribution in [2.75, 3.05) is 5.73 Å². The van der Waals surface area contributed by atoms with Crippen molar-refractivity contribution in [3.8, 4) is 11.4 Å². The van der Waals surface area contributed by atoms with Gasteiger partial charge in [0.05, 0.1) is 0 Å². The third kappa shape index (κ3) is 2.45. The molecule has 5 heteroatoms. The summed E-state index contributed by atoms with van der Waals surface area (Å²) in [7, 11) is 0. The van der Waals surface area contributed by atoms with Gasteiger partial charge in [0.2, 0.25) is 0 Å². The Hall–Kier alpha value is -1.91. The molecule has 0 amide bonds. The lowest BCUT2D eigenvalue weighted by molar-refractivity contribution is 0.424. The van der Waals surface area contributed by atoms with E-state index in [0.29, 0.717) is 0 Å². The number of nitrogens with two attached hydrogens (primary N) is 1. The largest absolute Gasteiger partial charge is 0.399 e. The van der Waals surface area contributed by atoms with Crippen molar-refractivity contribution in [1.29, 1.82) is 0 Å². The summed E-state index contributed by atoms with van der Waals surface area (Å²) in [6.45, 7) is 2.96. The summed E-state index contributed by atoms with van der Waals surface area (Å²) in [6.07, 6.45) is 5.26. The molecule has 0 unspecified atom stereocenters. The quantitative estimate of drug-likeness (QED) is 0.857. The molecule has 100 valence electrons. The van der Waals surface area contributed by atoms with Gasteiger partial charge in [0.15, 0.2) is 5.82 Å². The molecular formula is C14H19N5. The lowest BCUT2D eigenvalue weighted by Crippen LogP contribution is -2.11. The van der Waals surface area contributed by atoms with E-state index in [0.717, 1.165) is 35.1 Å². The topological polar surface area (TPSA) is 69.6 Å². The molecule has 1 fully saturated rings. The van der Waals surface area contributed by atoms with Crippen LogP contribution in [0.5, 0.6) is 0 Å². The van der Waals surface area contributed by atoms with Crippen molar-refractivity contribution in [3.63, 3.8) is 0 Å². The van der Waals surface area contributed by atoms with Gasteiger partial charge in [-0.05, 0) is 59.9 Å². The molecule has 0 spiro atoms. The van der Waals surface area contributed by atoms with Crippen LogP contribution >= 0.6 is 0 Å². The normalized spacial score (nSPS) is 16.1. The third-order valence-electron chi connectivity index (χ3n) is 3.93. The maximum Gasteiger partial charge on any atom is 0.182 e. The van der Waals surface area contributed by atoms with Crippen LogP contribution in [0.3, 0.4) is 0 Å².